The third-order valence-electron chi connectivity index (χ3n) is 2.05. The molecule has 2 N–H and O–H groups in total. The predicted molar refractivity (Wildman–Crippen MR) is 75.1 cm³/mol. The number of amides is 2. The SMILES string of the molecule is C=CC(=O)Nc1cc(NC(=O)OC(C)(C)C)ccc1F. The van der Waals surface area contributed by atoms with Gasteiger partial charge in [-0.3, -0.25) is 10.1 Å². The second-order valence-corrected chi connectivity index (χ2v) is 5.01. The zero-order valence-electron chi connectivity index (χ0n) is 11.6. The lowest BCUT2D eigenvalue weighted by Gasteiger charge is -2.19. The van der Waals surface area contributed by atoms with Gasteiger partial charge in [0.05, 0.1) is 5.69 Å². The lowest BCUT2D eigenvalue weighted by Crippen LogP contribution is -2.27. The van der Waals surface area contributed by atoms with Gasteiger partial charge in [-0.25, -0.2) is 9.18 Å². The van der Waals surface area contributed by atoms with E-state index in [1.54, 1.807) is 20.8 Å². The Morgan fingerprint density at radius 2 is 1.95 bits per heavy atom. The molecule has 1 aromatic rings. The minimum atomic E-state index is -0.662. The van der Waals surface area contributed by atoms with Crippen molar-refractivity contribution < 1.29 is 18.7 Å². The lowest BCUT2D eigenvalue weighted by molar-refractivity contribution is -0.111. The van der Waals surface area contributed by atoms with E-state index in [2.05, 4.69) is 17.2 Å². The number of halogens is 1. The molecule has 0 atom stereocenters. The molecule has 0 saturated carbocycles. The van der Waals surface area contributed by atoms with E-state index in [9.17, 15) is 14.0 Å². The molecule has 0 spiro atoms. The maximum Gasteiger partial charge on any atom is 0.412 e. The number of hydrogen-bond donors (Lipinski definition) is 2. The van der Waals surface area contributed by atoms with Gasteiger partial charge in [0.1, 0.15) is 11.4 Å². The lowest BCUT2D eigenvalue weighted by atomic mass is 10.2. The molecule has 2 amide bonds. The molecule has 0 saturated heterocycles. The summed E-state index contributed by atoms with van der Waals surface area (Å²) < 4.78 is 18.5. The van der Waals surface area contributed by atoms with Crippen LogP contribution in [-0.4, -0.2) is 17.6 Å². The van der Waals surface area contributed by atoms with E-state index in [0.29, 0.717) is 5.69 Å². The van der Waals surface area contributed by atoms with Crippen molar-refractivity contribution in [3.05, 3.63) is 36.7 Å². The average molecular weight is 280 g/mol. The van der Waals surface area contributed by atoms with Gasteiger partial charge in [0, 0.05) is 5.69 Å². The van der Waals surface area contributed by atoms with E-state index < -0.39 is 23.4 Å². The Balaban J connectivity index is 2.82. The molecule has 1 rings (SSSR count). The Labute approximate surface area is 116 Å². The highest BCUT2D eigenvalue weighted by molar-refractivity contribution is 5.99. The van der Waals surface area contributed by atoms with Gasteiger partial charge in [-0.05, 0) is 45.0 Å². The van der Waals surface area contributed by atoms with Gasteiger partial charge >= 0.3 is 6.09 Å². The smallest absolute Gasteiger partial charge is 0.412 e. The van der Waals surface area contributed by atoms with Gasteiger partial charge in [0.15, 0.2) is 0 Å². The van der Waals surface area contributed by atoms with Crippen LogP contribution in [0.3, 0.4) is 0 Å². The summed E-state index contributed by atoms with van der Waals surface area (Å²) in [6.45, 7) is 8.46. The monoisotopic (exact) mass is 280 g/mol. The Kier molecular flexibility index (Phi) is 4.85. The Hall–Kier alpha value is -2.37. The summed E-state index contributed by atoms with van der Waals surface area (Å²) in [7, 11) is 0. The fourth-order valence-corrected chi connectivity index (χ4v) is 1.30. The van der Waals surface area contributed by atoms with E-state index in [0.717, 1.165) is 12.1 Å². The van der Waals surface area contributed by atoms with Gasteiger partial charge in [-0.2, -0.15) is 0 Å². The first-order valence-corrected chi connectivity index (χ1v) is 5.94. The minimum Gasteiger partial charge on any atom is -0.444 e. The zero-order valence-corrected chi connectivity index (χ0v) is 11.6. The number of carbonyl (C=O) groups is 2. The highest BCUT2D eigenvalue weighted by atomic mass is 19.1. The number of anilines is 2. The third-order valence-corrected chi connectivity index (χ3v) is 2.05. The number of benzene rings is 1. The molecule has 20 heavy (non-hydrogen) atoms. The van der Waals surface area contributed by atoms with Gasteiger partial charge in [-0.1, -0.05) is 6.58 Å². The van der Waals surface area contributed by atoms with Crippen molar-refractivity contribution in [3.8, 4) is 0 Å². The highest BCUT2D eigenvalue weighted by Gasteiger charge is 2.16. The van der Waals surface area contributed by atoms with Crippen molar-refractivity contribution in [1.29, 1.82) is 0 Å². The summed E-state index contributed by atoms with van der Waals surface area (Å²) in [5, 5.41) is 4.75. The highest BCUT2D eigenvalue weighted by Crippen LogP contribution is 2.20. The summed E-state index contributed by atoms with van der Waals surface area (Å²) in [4.78, 5) is 22.7. The van der Waals surface area contributed by atoms with Crippen molar-refractivity contribution in [2.75, 3.05) is 10.6 Å². The first-order valence-electron chi connectivity index (χ1n) is 5.94. The molecule has 0 bridgehead atoms. The maximum absolute atomic E-state index is 13.5. The van der Waals surface area contributed by atoms with Crippen molar-refractivity contribution in [2.45, 2.75) is 26.4 Å². The van der Waals surface area contributed by atoms with E-state index in [-0.39, 0.29) is 5.69 Å². The van der Waals surface area contributed by atoms with E-state index in [1.807, 2.05) is 0 Å². The molecular weight excluding hydrogens is 263 g/mol. The number of rotatable bonds is 3. The summed E-state index contributed by atoms with van der Waals surface area (Å²) in [5.74, 6) is -1.16. The van der Waals surface area contributed by atoms with E-state index in [1.165, 1.54) is 12.1 Å². The first kappa shape index (κ1) is 15.7. The van der Waals surface area contributed by atoms with E-state index in [4.69, 9.17) is 4.74 Å². The number of hydrogen-bond acceptors (Lipinski definition) is 3. The topological polar surface area (TPSA) is 67.4 Å². The molecule has 1 aromatic carbocycles. The molecule has 5 nitrogen and oxygen atoms in total. The number of nitrogens with one attached hydrogen (secondary N) is 2. The van der Waals surface area contributed by atoms with E-state index >= 15 is 0 Å². The van der Waals surface area contributed by atoms with Crippen LogP contribution in [-0.2, 0) is 9.53 Å². The molecule has 108 valence electrons. The third kappa shape index (κ3) is 5.09. The maximum atomic E-state index is 13.5. The molecular formula is C14H17FN2O3. The summed E-state index contributed by atoms with van der Waals surface area (Å²) >= 11 is 0. The number of carbonyl (C=O) groups excluding carboxylic acids is 2. The largest absolute Gasteiger partial charge is 0.444 e. The first-order chi connectivity index (χ1) is 9.21. The second kappa shape index (κ2) is 6.18. The summed E-state index contributed by atoms with van der Waals surface area (Å²) in [5.41, 5.74) is -0.382. The van der Waals surface area contributed by atoms with Gasteiger partial charge in [0.2, 0.25) is 5.91 Å². The summed E-state index contributed by atoms with van der Waals surface area (Å²) in [6, 6.07) is 3.79. The molecule has 0 aromatic heterocycles. The van der Waals surface area contributed by atoms with Gasteiger partial charge in [0.25, 0.3) is 0 Å². The minimum absolute atomic E-state index is 0.0524. The Morgan fingerprint density at radius 1 is 1.30 bits per heavy atom. The zero-order chi connectivity index (χ0) is 15.3. The quantitative estimate of drug-likeness (QED) is 0.835. The standard InChI is InChI=1S/C14H17FN2O3/c1-5-12(18)17-11-8-9(6-7-10(11)15)16-13(19)20-14(2,3)4/h5-8H,1H2,2-4H3,(H,16,19)(H,17,18). The Morgan fingerprint density at radius 3 is 2.50 bits per heavy atom. The van der Waals surface area contributed by atoms with Crippen LogP contribution < -0.4 is 10.6 Å². The van der Waals surface area contributed by atoms with Crippen LogP contribution in [0.1, 0.15) is 20.8 Å². The fourth-order valence-electron chi connectivity index (χ4n) is 1.30. The molecule has 0 heterocycles. The normalized spacial score (nSPS) is 10.6. The van der Waals surface area contributed by atoms with Crippen LogP contribution in [0.25, 0.3) is 0 Å². The van der Waals surface area contributed by atoms with Crippen LogP contribution in [0.15, 0.2) is 30.9 Å². The second-order valence-electron chi connectivity index (χ2n) is 5.01. The predicted octanol–water partition coefficient (Wildman–Crippen LogP) is 3.30. The van der Waals surface area contributed by atoms with Crippen molar-refractivity contribution >= 4 is 23.4 Å². The molecule has 6 heteroatoms. The number of ether oxygens (including phenoxy) is 1. The van der Waals surface area contributed by atoms with Crippen LogP contribution in [0.5, 0.6) is 0 Å². The van der Waals surface area contributed by atoms with Crippen molar-refractivity contribution in [2.24, 2.45) is 0 Å². The molecule has 0 aliphatic carbocycles. The average Bonchev–Trinajstić information content (AvgIpc) is 2.30. The molecule has 0 unspecified atom stereocenters. The van der Waals surface area contributed by atoms with Crippen LogP contribution in [0, 0.1) is 5.82 Å². The van der Waals surface area contributed by atoms with Crippen molar-refractivity contribution in [3.63, 3.8) is 0 Å². The van der Waals surface area contributed by atoms with Crippen LogP contribution >= 0.6 is 0 Å². The summed E-state index contributed by atoms with van der Waals surface area (Å²) in [6.07, 6.45) is 0.359. The molecule has 0 radical (unpaired) electrons. The van der Waals surface area contributed by atoms with Crippen LogP contribution in [0.2, 0.25) is 0 Å². The Bertz CT molecular complexity index is 536. The van der Waals surface area contributed by atoms with Gasteiger partial charge in [-0.15, -0.1) is 0 Å². The van der Waals surface area contributed by atoms with Crippen molar-refractivity contribution in [1.82, 2.24) is 0 Å². The van der Waals surface area contributed by atoms with Crippen LogP contribution in [0.4, 0.5) is 20.6 Å². The fraction of sp³-hybridized carbons (Fsp3) is 0.286. The molecule has 0 aliphatic rings. The van der Waals surface area contributed by atoms with Gasteiger partial charge < -0.3 is 10.1 Å². The molecule has 0 fully saturated rings. The molecule has 0 aliphatic heterocycles.